The van der Waals surface area contributed by atoms with E-state index in [-0.39, 0.29) is 6.10 Å². The summed E-state index contributed by atoms with van der Waals surface area (Å²) in [6, 6.07) is 0.591. The van der Waals surface area contributed by atoms with E-state index < -0.39 is 0 Å². The molecule has 17 heavy (non-hydrogen) atoms. The zero-order chi connectivity index (χ0) is 12.8. The summed E-state index contributed by atoms with van der Waals surface area (Å²) >= 11 is 0. The molecule has 0 aromatic rings. The Morgan fingerprint density at radius 2 is 1.71 bits per heavy atom. The molecule has 0 aromatic heterocycles. The van der Waals surface area contributed by atoms with Crippen LogP contribution in [0.25, 0.3) is 0 Å². The minimum atomic E-state index is -0.0640. The lowest BCUT2D eigenvalue weighted by Crippen LogP contribution is -2.40. The second kappa shape index (κ2) is 7.38. The first-order valence-electron chi connectivity index (χ1n) is 7.42. The average Bonchev–Trinajstić information content (AvgIpc) is 2.42. The minimum Gasteiger partial charge on any atom is -0.393 e. The van der Waals surface area contributed by atoms with Crippen LogP contribution in [0.4, 0.5) is 0 Å². The number of hydrogen-bond acceptors (Lipinski definition) is 2. The molecule has 0 radical (unpaired) electrons. The summed E-state index contributed by atoms with van der Waals surface area (Å²) in [7, 11) is 0. The first kappa shape index (κ1) is 15.0. The fourth-order valence-electron chi connectivity index (χ4n) is 2.84. The van der Waals surface area contributed by atoms with Crippen molar-refractivity contribution in [3.8, 4) is 0 Å². The van der Waals surface area contributed by atoms with Crippen LogP contribution in [0.2, 0.25) is 0 Å². The molecule has 1 aliphatic carbocycles. The van der Waals surface area contributed by atoms with E-state index in [0.29, 0.717) is 17.9 Å². The molecule has 0 saturated heterocycles. The van der Waals surface area contributed by atoms with Crippen molar-refractivity contribution in [2.24, 2.45) is 11.8 Å². The normalized spacial score (nSPS) is 26.8. The third-order valence-corrected chi connectivity index (χ3v) is 3.92. The summed E-state index contributed by atoms with van der Waals surface area (Å²) < 4.78 is 0. The maximum absolute atomic E-state index is 10.2. The molecule has 2 unspecified atom stereocenters. The van der Waals surface area contributed by atoms with Crippen LogP contribution in [0.15, 0.2) is 0 Å². The van der Waals surface area contributed by atoms with Crippen molar-refractivity contribution < 1.29 is 5.11 Å². The number of nitrogens with zero attached hydrogens (tertiary/aromatic N) is 1. The molecule has 2 heteroatoms. The van der Waals surface area contributed by atoms with Gasteiger partial charge in [-0.25, -0.2) is 0 Å². The Bertz CT molecular complexity index is 203. The van der Waals surface area contributed by atoms with Crippen molar-refractivity contribution in [1.29, 1.82) is 0 Å². The molecule has 0 amide bonds. The van der Waals surface area contributed by atoms with Crippen LogP contribution < -0.4 is 0 Å². The van der Waals surface area contributed by atoms with Crippen LogP contribution in [-0.2, 0) is 0 Å². The molecule has 1 saturated carbocycles. The second-order valence-corrected chi connectivity index (χ2v) is 6.41. The van der Waals surface area contributed by atoms with Gasteiger partial charge in [0, 0.05) is 19.1 Å². The first-order chi connectivity index (χ1) is 8.00. The molecule has 0 bridgehead atoms. The highest BCUT2D eigenvalue weighted by molar-refractivity contribution is 4.78. The van der Waals surface area contributed by atoms with Crippen LogP contribution >= 0.6 is 0 Å². The van der Waals surface area contributed by atoms with Crippen molar-refractivity contribution in [2.75, 3.05) is 13.1 Å². The van der Waals surface area contributed by atoms with Crippen molar-refractivity contribution in [3.63, 3.8) is 0 Å². The molecule has 1 fully saturated rings. The van der Waals surface area contributed by atoms with Gasteiger partial charge in [-0.15, -0.1) is 0 Å². The quantitative estimate of drug-likeness (QED) is 0.747. The predicted octanol–water partition coefficient (Wildman–Crippen LogP) is 3.29. The van der Waals surface area contributed by atoms with Gasteiger partial charge < -0.3 is 10.0 Å². The average molecular weight is 241 g/mol. The highest BCUT2D eigenvalue weighted by atomic mass is 16.3. The third kappa shape index (κ3) is 5.39. The van der Waals surface area contributed by atoms with Crippen molar-refractivity contribution >= 4 is 0 Å². The van der Waals surface area contributed by atoms with Crippen LogP contribution in [0.5, 0.6) is 0 Å². The first-order valence-corrected chi connectivity index (χ1v) is 7.42. The minimum absolute atomic E-state index is 0.0640. The van der Waals surface area contributed by atoms with Gasteiger partial charge in [0.1, 0.15) is 0 Å². The number of aliphatic hydroxyl groups is 1. The van der Waals surface area contributed by atoms with Crippen LogP contribution in [-0.4, -0.2) is 35.2 Å². The number of hydrogen-bond donors (Lipinski definition) is 1. The monoisotopic (exact) mass is 241 g/mol. The van der Waals surface area contributed by atoms with Gasteiger partial charge in [-0.05, 0) is 38.5 Å². The summed E-state index contributed by atoms with van der Waals surface area (Å²) in [6.07, 6.45) is 5.98. The lowest BCUT2D eigenvalue weighted by atomic mass is 9.95. The summed E-state index contributed by atoms with van der Waals surface area (Å²) in [5.74, 6) is 1.21. The van der Waals surface area contributed by atoms with Gasteiger partial charge >= 0.3 is 0 Å². The molecular formula is C15H31NO. The molecule has 0 aliphatic heterocycles. The van der Waals surface area contributed by atoms with Crippen molar-refractivity contribution in [1.82, 2.24) is 4.90 Å². The lowest BCUT2D eigenvalue weighted by Gasteiger charge is -2.33. The zero-order valence-corrected chi connectivity index (χ0v) is 12.2. The van der Waals surface area contributed by atoms with Gasteiger partial charge in [-0.2, -0.15) is 0 Å². The van der Waals surface area contributed by atoms with Crippen molar-refractivity contribution in [3.05, 3.63) is 0 Å². The van der Waals surface area contributed by atoms with Gasteiger partial charge in [0.25, 0.3) is 0 Å². The Morgan fingerprint density at radius 1 is 1.06 bits per heavy atom. The van der Waals surface area contributed by atoms with E-state index in [1.807, 2.05) is 0 Å². The Hall–Kier alpha value is -0.0800. The SMILES string of the molecule is CC(C)CN(CC1CCCCCC1O)C(C)C. The molecule has 1 N–H and O–H groups in total. The Balaban J connectivity index is 2.51. The Labute approximate surface area is 107 Å². The highest BCUT2D eigenvalue weighted by Gasteiger charge is 2.25. The van der Waals surface area contributed by atoms with Crippen molar-refractivity contribution in [2.45, 2.75) is 71.9 Å². The van der Waals surface area contributed by atoms with Gasteiger partial charge in [0.15, 0.2) is 0 Å². The maximum atomic E-state index is 10.2. The second-order valence-electron chi connectivity index (χ2n) is 6.41. The standard InChI is InChI=1S/C15H31NO/c1-12(2)10-16(13(3)4)11-14-8-6-5-7-9-15(14)17/h12-15,17H,5-11H2,1-4H3. The summed E-state index contributed by atoms with van der Waals surface area (Å²) in [6.45, 7) is 11.3. The van der Waals surface area contributed by atoms with E-state index in [1.165, 1.54) is 25.7 Å². The highest BCUT2D eigenvalue weighted by Crippen LogP contribution is 2.25. The van der Waals surface area contributed by atoms with Crippen LogP contribution in [0.1, 0.15) is 59.8 Å². The maximum Gasteiger partial charge on any atom is 0.0580 e. The largest absolute Gasteiger partial charge is 0.393 e. The fraction of sp³-hybridized carbons (Fsp3) is 1.00. The van der Waals surface area contributed by atoms with E-state index in [1.54, 1.807) is 0 Å². The summed E-state index contributed by atoms with van der Waals surface area (Å²) in [5, 5.41) is 10.2. The van der Waals surface area contributed by atoms with Gasteiger partial charge in [0.2, 0.25) is 0 Å². The van der Waals surface area contributed by atoms with E-state index in [9.17, 15) is 5.11 Å². The number of aliphatic hydroxyl groups excluding tert-OH is 1. The Kier molecular flexibility index (Phi) is 6.50. The molecule has 2 atom stereocenters. The third-order valence-electron chi connectivity index (χ3n) is 3.92. The predicted molar refractivity (Wildman–Crippen MR) is 74.1 cm³/mol. The van der Waals surface area contributed by atoms with E-state index >= 15 is 0 Å². The van der Waals surface area contributed by atoms with E-state index in [4.69, 9.17) is 0 Å². The smallest absolute Gasteiger partial charge is 0.0580 e. The van der Waals surface area contributed by atoms with E-state index in [2.05, 4.69) is 32.6 Å². The molecule has 102 valence electrons. The Morgan fingerprint density at radius 3 is 2.29 bits per heavy atom. The zero-order valence-electron chi connectivity index (χ0n) is 12.2. The van der Waals surface area contributed by atoms with Gasteiger partial charge in [-0.3, -0.25) is 0 Å². The van der Waals surface area contributed by atoms with Gasteiger partial charge in [-0.1, -0.05) is 33.1 Å². The lowest BCUT2D eigenvalue weighted by molar-refractivity contribution is 0.0607. The molecule has 0 spiro atoms. The summed E-state index contributed by atoms with van der Waals surface area (Å²) in [4.78, 5) is 2.55. The molecule has 1 rings (SSSR count). The number of rotatable bonds is 5. The molecular weight excluding hydrogens is 210 g/mol. The van der Waals surface area contributed by atoms with Crippen LogP contribution in [0.3, 0.4) is 0 Å². The molecule has 0 aromatic carbocycles. The fourth-order valence-corrected chi connectivity index (χ4v) is 2.84. The van der Waals surface area contributed by atoms with Crippen LogP contribution in [0, 0.1) is 11.8 Å². The molecule has 2 nitrogen and oxygen atoms in total. The van der Waals surface area contributed by atoms with Gasteiger partial charge in [0.05, 0.1) is 6.10 Å². The summed E-state index contributed by atoms with van der Waals surface area (Å²) in [5.41, 5.74) is 0. The van der Waals surface area contributed by atoms with E-state index in [0.717, 1.165) is 19.5 Å². The molecule has 1 aliphatic rings. The topological polar surface area (TPSA) is 23.5 Å². The molecule has 0 heterocycles.